The second-order valence-corrected chi connectivity index (χ2v) is 11.0. The van der Waals surface area contributed by atoms with E-state index in [1.807, 2.05) is 66.4 Å². The first-order valence-corrected chi connectivity index (χ1v) is 12.7. The van der Waals surface area contributed by atoms with Gasteiger partial charge in [0.05, 0.1) is 19.6 Å². The van der Waals surface area contributed by atoms with Gasteiger partial charge in [0.15, 0.2) is 0 Å². The van der Waals surface area contributed by atoms with Gasteiger partial charge in [-0.25, -0.2) is 0 Å². The van der Waals surface area contributed by atoms with Gasteiger partial charge < -0.3 is 24.6 Å². The zero-order chi connectivity index (χ0) is 26.3. The average Bonchev–Trinajstić information content (AvgIpc) is 3.31. The molecular formula is C29H41N3O4. The lowest BCUT2D eigenvalue weighted by Gasteiger charge is -2.30. The van der Waals surface area contributed by atoms with Crippen molar-refractivity contribution in [2.75, 3.05) is 44.6 Å². The van der Waals surface area contributed by atoms with Gasteiger partial charge in [0.25, 0.3) is 0 Å². The molecule has 2 aromatic rings. The van der Waals surface area contributed by atoms with E-state index >= 15 is 0 Å². The number of methoxy groups -OCH3 is 1. The Balaban J connectivity index is 1.78. The maximum Gasteiger partial charge on any atom is 0.228 e. The third-order valence-electron chi connectivity index (χ3n) is 6.21. The minimum absolute atomic E-state index is 0.0732. The van der Waals surface area contributed by atoms with Crippen molar-refractivity contribution in [3.63, 3.8) is 0 Å². The molecule has 1 aliphatic heterocycles. The quantitative estimate of drug-likeness (QED) is 0.508. The molecule has 0 aliphatic carbocycles. The predicted octanol–water partition coefficient (Wildman–Crippen LogP) is 4.89. The van der Waals surface area contributed by atoms with E-state index in [9.17, 15) is 9.59 Å². The van der Waals surface area contributed by atoms with Crippen molar-refractivity contribution in [1.82, 2.24) is 4.90 Å². The van der Waals surface area contributed by atoms with Crippen LogP contribution in [0.15, 0.2) is 42.5 Å². The van der Waals surface area contributed by atoms with Crippen LogP contribution in [0.4, 0.5) is 11.4 Å². The first-order valence-electron chi connectivity index (χ1n) is 12.7. The van der Waals surface area contributed by atoms with Crippen LogP contribution in [-0.2, 0) is 27.3 Å². The van der Waals surface area contributed by atoms with Crippen LogP contribution in [0.25, 0.3) is 0 Å². The summed E-state index contributed by atoms with van der Waals surface area (Å²) in [6, 6.07) is 13.4. The van der Waals surface area contributed by atoms with Crippen LogP contribution < -0.4 is 15.0 Å². The molecule has 1 heterocycles. The molecule has 2 aromatic carbocycles. The van der Waals surface area contributed by atoms with Gasteiger partial charge in [-0.05, 0) is 59.7 Å². The Morgan fingerprint density at radius 3 is 2.42 bits per heavy atom. The number of ether oxygens (including phenoxy) is 2. The fourth-order valence-electron chi connectivity index (χ4n) is 4.42. The maximum atomic E-state index is 13.3. The molecule has 0 radical (unpaired) electrons. The van der Waals surface area contributed by atoms with Gasteiger partial charge in [-0.2, -0.15) is 0 Å². The predicted molar refractivity (Wildman–Crippen MR) is 145 cm³/mol. The number of rotatable bonds is 10. The van der Waals surface area contributed by atoms with Gasteiger partial charge >= 0.3 is 0 Å². The third kappa shape index (κ3) is 8.26. The fourth-order valence-corrected chi connectivity index (χ4v) is 4.42. The summed E-state index contributed by atoms with van der Waals surface area (Å²) in [5, 5.41) is 3.02. The number of hydrogen-bond acceptors (Lipinski definition) is 5. The Morgan fingerprint density at radius 2 is 1.83 bits per heavy atom. The van der Waals surface area contributed by atoms with Crippen LogP contribution in [-0.4, -0.2) is 57.2 Å². The molecule has 36 heavy (non-hydrogen) atoms. The molecule has 0 bridgehead atoms. The van der Waals surface area contributed by atoms with Crippen LogP contribution in [0, 0.1) is 5.41 Å². The summed E-state index contributed by atoms with van der Waals surface area (Å²) < 4.78 is 11.0. The third-order valence-corrected chi connectivity index (χ3v) is 6.21. The van der Waals surface area contributed by atoms with Crippen molar-refractivity contribution in [1.29, 1.82) is 0 Å². The monoisotopic (exact) mass is 495 g/mol. The van der Waals surface area contributed by atoms with Crippen LogP contribution in [0.1, 0.15) is 51.2 Å². The number of hydrogen-bond donors (Lipinski definition) is 1. The van der Waals surface area contributed by atoms with Crippen molar-refractivity contribution in [3.05, 3.63) is 53.6 Å². The van der Waals surface area contributed by atoms with Gasteiger partial charge in [0, 0.05) is 51.6 Å². The second-order valence-electron chi connectivity index (χ2n) is 11.0. The van der Waals surface area contributed by atoms with E-state index in [1.54, 1.807) is 7.11 Å². The van der Waals surface area contributed by atoms with Gasteiger partial charge in [0.2, 0.25) is 11.8 Å². The highest BCUT2D eigenvalue weighted by Gasteiger charge is 2.26. The van der Waals surface area contributed by atoms with E-state index < -0.39 is 0 Å². The van der Waals surface area contributed by atoms with Crippen molar-refractivity contribution < 1.29 is 19.1 Å². The Hall–Kier alpha value is -3.06. The Labute approximate surface area is 215 Å². The van der Waals surface area contributed by atoms with Crippen LogP contribution >= 0.6 is 0 Å². The smallest absolute Gasteiger partial charge is 0.228 e. The Bertz CT molecular complexity index is 1020. The van der Waals surface area contributed by atoms with Gasteiger partial charge in [-0.15, -0.1) is 0 Å². The number of nitrogens with zero attached hydrogens (tertiary/aromatic N) is 2. The number of carbonyl (C=O) groups excluding carboxylic acids is 2. The molecule has 1 atom stereocenters. The summed E-state index contributed by atoms with van der Waals surface area (Å²) in [5.41, 5.74) is 3.53. The van der Waals surface area contributed by atoms with E-state index in [0.717, 1.165) is 47.7 Å². The number of anilines is 2. The maximum absolute atomic E-state index is 13.3. The zero-order valence-corrected chi connectivity index (χ0v) is 22.6. The first-order chi connectivity index (χ1) is 17.0. The SMILES string of the molecule is COc1ccc(CC(=O)Nc2ccc(N(C)C)c(CN(C[C@@H]3CCCO3)C(=O)CC(C)(C)C)c2)cc1. The normalized spacial score (nSPS) is 15.4. The van der Waals surface area contributed by atoms with Crippen molar-refractivity contribution in [3.8, 4) is 5.75 Å². The van der Waals surface area contributed by atoms with Gasteiger partial charge in [-0.3, -0.25) is 9.59 Å². The molecule has 0 unspecified atom stereocenters. The summed E-state index contributed by atoms with van der Waals surface area (Å²) in [4.78, 5) is 30.0. The van der Waals surface area contributed by atoms with Crippen molar-refractivity contribution in [2.24, 2.45) is 5.41 Å². The number of carbonyl (C=O) groups is 2. The van der Waals surface area contributed by atoms with E-state index in [0.29, 0.717) is 19.5 Å². The summed E-state index contributed by atoms with van der Waals surface area (Å²) in [7, 11) is 5.60. The molecule has 1 N–H and O–H groups in total. The molecule has 7 nitrogen and oxygen atoms in total. The van der Waals surface area contributed by atoms with E-state index in [4.69, 9.17) is 9.47 Å². The van der Waals surface area contributed by atoms with Gasteiger partial charge in [0.1, 0.15) is 5.75 Å². The van der Waals surface area contributed by atoms with Gasteiger partial charge in [-0.1, -0.05) is 32.9 Å². The molecule has 1 fully saturated rings. The number of nitrogens with one attached hydrogen (secondary N) is 1. The number of amides is 2. The summed E-state index contributed by atoms with van der Waals surface area (Å²) in [6.07, 6.45) is 2.81. The zero-order valence-electron chi connectivity index (χ0n) is 22.6. The lowest BCUT2D eigenvalue weighted by Crippen LogP contribution is -2.38. The summed E-state index contributed by atoms with van der Waals surface area (Å²) >= 11 is 0. The standard InChI is InChI=1S/C29H41N3O4/c1-29(2,3)18-28(34)32(20-25-8-7-15-36-25)19-22-17-23(11-14-26(22)31(4)5)30-27(33)16-21-9-12-24(35-6)13-10-21/h9-14,17,25H,7-8,15-16,18-20H2,1-6H3,(H,30,33)/t25-/m0/s1. The van der Waals surface area contributed by atoms with Crippen LogP contribution in [0.3, 0.4) is 0 Å². The molecule has 3 rings (SSSR count). The minimum atomic E-state index is -0.104. The van der Waals surface area contributed by atoms with E-state index in [1.165, 1.54) is 0 Å². The first kappa shape index (κ1) is 27.5. The highest BCUT2D eigenvalue weighted by Crippen LogP contribution is 2.28. The number of benzene rings is 2. The molecule has 7 heteroatoms. The molecule has 2 amide bonds. The molecule has 196 valence electrons. The van der Waals surface area contributed by atoms with E-state index in [-0.39, 0.29) is 29.8 Å². The average molecular weight is 496 g/mol. The summed E-state index contributed by atoms with van der Waals surface area (Å²) in [5.74, 6) is 0.789. The highest BCUT2D eigenvalue weighted by atomic mass is 16.5. The van der Waals surface area contributed by atoms with Crippen molar-refractivity contribution in [2.45, 2.75) is 59.1 Å². The lowest BCUT2D eigenvalue weighted by molar-refractivity contribution is -0.135. The van der Waals surface area contributed by atoms with Crippen LogP contribution in [0.5, 0.6) is 5.75 Å². The fraction of sp³-hybridized carbons (Fsp3) is 0.517. The van der Waals surface area contributed by atoms with E-state index in [2.05, 4.69) is 26.1 Å². The molecule has 1 aliphatic rings. The molecule has 0 saturated carbocycles. The lowest BCUT2D eigenvalue weighted by atomic mass is 9.91. The van der Waals surface area contributed by atoms with Crippen LogP contribution in [0.2, 0.25) is 0 Å². The second kappa shape index (κ2) is 12.3. The topological polar surface area (TPSA) is 71.1 Å². The molecular weight excluding hydrogens is 454 g/mol. The minimum Gasteiger partial charge on any atom is -0.497 e. The summed E-state index contributed by atoms with van der Waals surface area (Å²) in [6.45, 7) is 8.04. The highest BCUT2D eigenvalue weighted by molar-refractivity contribution is 5.92. The largest absolute Gasteiger partial charge is 0.497 e. The molecule has 0 aromatic heterocycles. The Kier molecular flexibility index (Phi) is 9.37. The van der Waals surface area contributed by atoms with Crippen molar-refractivity contribution >= 4 is 23.2 Å². The molecule has 0 spiro atoms. The molecule has 1 saturated heterocycles. The Morgan fingerprint density at radius 1 is 1.11 bits per heavy atom.